The van der Waals surface area contributed by atoms with E-state index in [2.05, 4.69) is 43.5 Å². The van der Waals surface area contributed by atoms with E-state index in [4.69, 9.17) is 0 Å². The number of carbonyl (C=O) groups is 1. The van der Waals surface area contributed by atoms with Crippen LogP contribution < -0.4 is 5.32 Å². The first-order valence-corrected chi connectivity index (χ1v) is 18.4. The van der Waals surface area contributed by atoms with E-state index in [1.807, 2.05) is 0 Å². The molecule has 3 atom stereocenters. The number of hydrogen-bond acceptors (Lipinski definition) is 5. The third-order valence-corrected chi connectivity index (χ3v) is 8.21. The highest BCUT2D eigenvalue weighted by Gasteiger charge is 2.27. The van der Waals surface area contributed by atoms with Gasteiger partial charge in [-0.05, 0) is 44.9 Å². The van der Waals surface area contributed by atoms with Crippen LogP contribution >= 0.6 is 0 Å². The van der Waals surface area contributed by atoms with E-state index in [-0.39, 0.29) is 6.42 Å². The maximum atomic E-state index is 12.4. The highest BCUT2D eigenvalue weighted by molar-refractivity contribution is 7.85. The Labute approximate surface area is 258 Å². The number of unbranched alkanes of at least 4 members (excludes halogenated alkanes) is 16. The lowest BCUT2D eigenvalue weighted by Crippen LogP contribution is -2.50. The minimum atomic E-state index is -4.42. The van der Waals surface area contributed by atoms with Gasteiger partial charge >= 0.3 is 0 Å². The molecular formula is C34H63NO6S. The number of rotatable bonds is 29. The zero-order valence-electron chi connectivity index (χ0n) is 26.7. The molecule has 246 valence electrons. The van der Waals surface area contributed by atoms with E-state index in [1.54, 1.807) is 6.08 Å². The first-order valence-electron chi connectivity index (χ1n) is 16.8. The Balaban J connectivity index is 3.88. The molecular weight excluding hydrogens is 550 g/mol. The fourth-order valence-electron chi connectivity index (χ4n) is 4.84. The van der Waals surface area contributed by atoms with Crippen molar-refractivity contribution in [1.82, 2.24) is 5.32 Å². The summed E-state index contributed by atoms with van der Waals surface area (Å²) in [7, 11) is -4.42. The molecule has 42 heavy (non-hydrogen) atoms. The van der Waals surface area contributed by atoms with Crippen LogP contribution in [-0.4, -0.2) is 53.1 Å². The van der Waals surface area contributed by atoms with E-state index >= 15 is 0 Å². The molecule has 0 fully saturated rings. The molecule has 0 aromatic rings. The van der Waals surface area contributed by atoms with Crippen LogP contribution in [0.2, 0.25) is 0 Å². The molecule has 0 radical (unpaired) electrons. The monoisotopic (exact) mass is 613 g/mol. The van der Waals surface area contributed by atoms with Crippen molar-refractivity contribution in [1.29, 1.82) is 0 Å². The summed E-state index contributed by atoms with van der Waals surface area (Å²) >= 11 is 0. The Morgan fingerprint density at radius 3 is 1.74 bits per heavy atom. The molecule has 0 aliphatic heterocycles. The number of hydrogen-bond donors (Lipinski definition) is 4. The van der Waals surface area contributed by atoms with Gasteiger partial charge in [0.05, 0.1) is 17.9 Å². The number of amides is 1. The zero-order valence-corrected chi connectivity index (χ0v) is 27.5. The smallest absolute Gasteiger partial charge is 0.267 e. The van der Waals surface area contributed by atoms with Crippen LogP contribution in [0.4, 0.5) is 0 Å². The molecule has 0 saturated carbocycles. The highest BCUT2D eigenvalue weighted by Crippen LogP contribution is 2.14. The van der Waals surface area contributed by atoms with Gasteiger partial charge in [0.25, 0.3) is 10.1 Å². The van der Waals surface area contributed by atoms with Crippen LogP contribution in [0.3, 0.4) is 0 Å². The lowest BCUT2D eigenvalue weighted by Gasteiger charge is -2.22. The molecule has 1 amide bonds. The number of carbonyl (C=O) groups excluding carboxylic acids is 1. The summed E-state index contributed by atoms with van der Waals surface area (Å²) in [6.07, 6.45) is 32.6. The minimum absolute atomic E-state index is 0.278. The normalized spacial score (nSPS) is 14.7. The van der Waals surface area contributed by atoms with E-state index in [9.17, 15) is 28.0 Å². The molecule has 0 bridgehead atoms. The van der Waals surface area contributed by atoms with Gasteiger partial charge in [0.15, 0.2) is 0 Å². The van der Waals surface area contributed by atoms with Gasteiger partial charge < -0.3 is 15.5 Å². The first-order chi connectivity index (χ1) is 20.2. The van der Waals surface area contributed by atoms with Gasteiger partial charge in [-0.25, -0.2) is 0 Å². The van der Waals surface area contributed by atoms with Crippen LogP contribution in [0.15, 0.2) is 36.5 Å². The van der Waals surface area contributed by atoms with E-state index < -0.39 is 40.0 Å². The van der Waals surface area contributed by atoms with Gasteiger partial charge in [0.1, 0.15) is 6.10 Å². The molecule has 0 aliphatic rings. The molecule has 0 rings (SSSR count). The summed E-state index contributed by atoms with van der Waals surface area (Å²) in [6.45, 7) is 4.24. The van der Waals surface area contributed by atoms with E-state index in [0.717, 1.165) is 57.8 Å². The van der Waals surface area contributed by atoms with E-state index in [0.29, 0.717) is 6.42 Å². The van der Waals surface area contributed by atoms with Crippen molar-refractivity contribution in [3.8, 4) is 0 Å². The quantitative estimate of drug-likeness (QED) is 0.0385. The largest absolute Gasteiger partial charge is 0.387 e. The molecule has 0 aromatic heterocycles. The Bertz CT molecular complexity index is 824. The number of aliphatic hydroxyl groups is 2. The molecule has 7 nitrogen and oxygen atoms in total. The first kappa shape index (κ1) is 40.5. The van der Waals surface area contributed by atoms with Crippen molar-refractivity contribution in [3.63, 3.8) is 0 Å². The van der Waals surface area contributed by atoms with Gasteiger partial charge in [-0.3, -0.25) is 9.35 Å². The highest BCUT2D eigenvalue weighted by atomic mass is 32.2. The fraction of sp³-hybridized carbons (Fsp3) is 0.794. The van der Waals surface area contributed by atoms with Crippen LogP contribution in [0.5, 0.6) is 0 Å². The minimum Gasteiger partial charge on any atom is -0.387 e. The second-order valence-corrected chi connectivity index (χ2v) is 13.1. The summed E-state index contributed by atoms with van der Waals surface area (Å²) in [5, 5.41) is 23.0. The molecule has 4 N–H and O–H groups in total. The van der Waals surface area contributed by atoms with Gasteiger partial charge in [-0.15, -0.1) is 0 Å². The predicted octanol–water partition coefficient (Wildman–Crippen LogP) is 7.98. The number of nitrogens with one attached hydrogen (secondary N) is 1. The Hall–Kier alpha value is -1.48. The van der Waals surface area contributed by atoms with Crippen LogP contribution in [0, 0.1) is 0 Å². The molecule has 0 aromatic carbocycles. The summed E-state index contributed by atoms with van der Waals surface area (Å²) in [4.78, 5) is 12.4. The Morgan fingerprint density at radius 2 is 1.19 bits per heavy atom. The lowest BCUT2D eigenvalue weighted by molar-refractivity contribution is -0.130. The molecule has 3 unspecified atom stereocenters. The second kappa shape index (κ2) is 28.3. The summed E-state index contributed by atoms with van der Waals surface area (Å²) < 4.78 is 32.0. The van der Waals surface area contributed by atoms with Crippen LogP contribution in [-0.2, 0) is 14.9 Å². The van der Waals surface area contributed by atoms with Crippen molar-refractivity contribution < 1.29 is 28.0 Å². The van der Waals surface area contributed by atoms with Crippen LogP contribution in [0.1, 0.15) is 149 Å². The standard InChI is InChI=1S/C34H63NO6S/c1-3-5-7-9-10-11-12-13-14-15-16-17-18-19-20-21-22-23-25-27-29-33(37)34(38)35-31(30-42(39,40)41)32(36)28-26-24-8-6-4-2/h5,7,10-11,26,28,31-33,36-37H,3-4,6,8-9,12-25,27,29-30H2,1-2H3,(H,35,38)(H,39,40,41)/b7-5-,11-10-,28-26+. The summed E-state index contributed by atoms with van der Waals surface area (Å²) in [5.41, 5.74) is 0. The molecule has 0 saturated heterocycles. The van der Waals surface area contributed by atoms with Crippen LogP contribution in [0.25, 0.3) is 0 Å². The fourth-order valence-corrected chi connectivity index (χ4v) is 5.58. The SMILES string of the molecule is CC/C=C\C/C=C\CCCCCCCCCCCCCCCC(O)C(=O)NC(CS(=O)(=O)O)C(O)/C=C/CCCCC. The zero-order chi connectivity index (χ0) is 31.3. The van der Waals surface area contributed by atoms with Gasteiger partial charge in [-0.1, -0.05) is 140 Å². The average molecular weight is 614 g/mol. The molecule has 0 aliphatic carbocycles. The maximum absolute atomic E-state index is 12.4. The molecule has 0 spiro atoms. The second-order valence-electron chi connectivity index (χ2n) is 11.6. The molecule has 0 heterocycles. The molecule has 8 heteroatoms. The third-order valence-electron chi connectivity index (χ3n) is 7.43. The third kappa shape index (κ3) is 27.4. The van der Waals surface area contributed by atoms with E-state index in [1.165, 1.54) is 70.3 Å². The summed E-state index contributed by atoms with van der Waals surface area (Å²) in [6, 6.07) is -1.23. The lowest BCUT2D eigenvalue weighted by atomic mass is 10.0. The van der Waals surface area contributed by atoms with Crippen molar-refractivity contribution in [2.24, 2.45) is 0 Å². The Kier molecular flexibility index (Phi) is 27.3. The summed E-state index contributed by atoms with van der Waals surface area (Å²) in [5.74, 6) is -1.55. The Morgan fingerprint density at radius 1 is 0.690 bits per heavy atom. The van der Waals surface area contributed by atoms with Crippen molar-refractivity contribution in [2.45, 2.75) is 167 Å². The van der Waals surface area contributed by atoms with Gasteiger partial charge in [-0.2, -0.15) is 8.42 Å². The average Bonchev–Trinajstić information content (AvgIpc) is 2.94. The topological polar surface area (TPSA) is 124 Å². The maximum Gasteiger partial charge on any atom is 0.267 e. The number of aliphatic hydroxyl groups excluding tert-OH is 2. The predicted molar refractivity (Wildman–Crippen MR) is 176 cm³/mol. The van der Waals surface area contributed by atoms with Crippen molar-refractivity contribution in [3.05, 3.63) is 36.5 Å². The van der Waals surface area contributed by atoms with Crippen molar-refractivity contribution >= 4 is 16.0 Å². The van der Waals surface area contributed by atoms with Gasteiger partial charge in [0, 0.05) is 0 Å². The van der Waals surface area contributed by atoms with Crippen molar-refractivity contribution in [2.75, 3.05) is 5.75 Å². The van der Waals surface area contributed by atoms with Gasteiger partial charge in [0.2, 0.25) is 5.91 Å². The number of allylic oxidation sites excluding steroid dienone is 5.